The van der Waals surface area contributed by atoms with Gasteiger partial charge < -0.3 is 14.8 Å². The van der Waals surface area contributed by atoms with Crippen LogP contribution in [-0.4, -0.2) is 34.3 Å². The van der Waals surface area contributed by atoms with E-state index < -0.39 is 10.0 Å². The van der Waals surface area contributed by atoms with E-state index in [9.17, 15) is 8.42 Å². The van der Waals surface area contributed by atoms with E-state index in [1.54, 1.807) is 12.1 Å². The van der Waals surface area contributed by atoms with Crippen LogP contribution in [0.4, 0.5) is 0 Å². The van der Waals surface area contributed by atoms with Crippen molar-refractivity contribution in [1.82, 2.24) is 10.0 Å². The van der Waals surface area contributed by atoms with Gasteiger partial charge in [0.2, 0.25) is 16.8 Å². The molecule has 2 aliphatic heterocycles. The Labute approximate surface area is 130 Å². The summed E-state index contributed by atoms with van der Waals surface area (Å²) in [6, 6.07) is 4.65. The van der Waals surface area contributed by atoms with E-state index in [1.165, 1.54) is 6.07 Å². The zero-order valence-electron chi connectivity index (χ0n) is 11.7. The molecule has 0 aliphatic carbocycles. The predicted molar refractivity (Wildman–Crippen MR) is 80.6 cm³/mol. The van der Waals surface area contributed by atoms with Crippen LogP contribution in [0.15, 0.2) is 23.1 Å². The fourth-order valence-electron chi connectivity index (χ4n) is 2.50. The van der Waals surface area contributed by atoms with Gasteiger partial charge in [0.1, 0.15) is 0 Å². The lowest BCUT2D eigenvalue weighted by Crippen LogP contribution is -2.48. The molecule has 0 amide bonds. The molecule has 1 aromatic rings. The van der Waals surface area contributed by atoms with Crippen molar-refractivity contribution in [3.8, 4) is 11.5 Å². The number of nitrogens with one attached hydrogen (secondary N) is 2. The molecule has 1 fully saturated rings. The van der Waals surface area contributed by atoms with Crippen LogP contribution >= 0.6 is 12.4 Å². The third-order valence-electron chi connectivity index (χ3n) is 3.75. The third-order valence-corrected chi connectivity index (χ3v) is 5.23. The minimum Gasteiger partial charge on any atom is -0.454 e. The van der Waals surface area contributed by atoms with Gasteiger partial charge in [0.25, 0.3) is 0 Å². The average Bonchev–Trinajstić information content (AvgIpc) is 2.88. The summed E-state index contributed by atoms with van der Waals surface area (Å²) in [5.74, 6) is 1.33. The van der Waals surface area contributed by atoms with Gasteiger partial charge >= 0.3 is 0 Å². The molecule has 1 saturated heterocycles. The number of rotatable bonds is 3. The van der Waals surface area contributed by atoms with Gasteiger partial charge in [-0.25, -0.2) is 13.1 Å². The third kappa shape index (κ3) is 3.42. The van der Waals surface area contributed by atoms with Gasteiger partial charge in [-0.2, -0.15) is 0 Å². The number of piperidine rings is 1. The van der Waals surface area contributed by atoms with E-state index in [4.69, 9.17) is 9.47 Å². The Kier molecular flexibility index (Phi) is 4.98. The molecule has 21 heavy (non-hydrogen) atoms. The molecule has 2 N–H and O–H groups in total. The van der Waals surface area contributed by atoms with E-state index >= 15 is 0 Å². The zero-order chi connectivity index (χ0) is 14.2. The first-order valence-corrected chi connectivity index (χ1v) is 8.17. The summed E-state index contributed by atoms with van der Waals surface area (Å²) in [4.78, 5) is 0.215. The summed E-state index contributed by atoms with van der Waals surface area (Å²) >= 11 is 0. The summed E-state index contributed by atoms with van der Waals surface area (Å²) in [6.07, 6.45) is 0.797. The van der Waals surface area contributed by atoms with Crippen molar-refractivity contribution in [3.63, 3.8) is 0 Å². The highest BCUT2D eigenvalue weighted by molar-refractivity contribution is 7.89. The molecular formula is C13H19ClN2O4S. The summed E-state index contributed by atoms with van der Waals surface area (Å²) in [6.45, 7) is 3.84. The Morgan fingerprint density at radius 2 is 2.05 bits per heavy atom. The van der Waals surface area contributed by atoms with Gasteiger partial charge in [-0.1, -0.05) is 6.92 Å². The van der Waals surface area contributed by atoms with Crippen LogP contribution in [0.2, 0.25) is 0 Å². The highest BCUT2D eigenvalue weighted by atomic mass is 35.5. The second-order valence-electron chi connectivity index (χ2n) is 5.21. The van der Waals surface area contributed by atoms with Gasteiger partial charge in [-0.3, -0.25) is 0 Å². The summed E-state index contributed by atoms with van der Waals surface area (Å²) in [5.41, 5.74) is 0. The first-order valence-electron chi connectivity index (χ1n) is 6.69. The second-order valence-corrected chi connectivity index (χ2v) is 6.93. The lowest BCUT2D eigenvalue weighted by Gasteiger charge is -2.29. The van der Waals surface area contributed by atoms with Gasteiger partial charge in [0.05, 0.1) is 4.90 Å². The van der Waals surface area contributed by atoms with E-state index in [-0.39, 0.29) is 36.1 Å². The smallest absolute Gasteiger partial charge is 0.240 e. The number of ether oxygens (including phenoxy) is 2. The van der Waals surface area contributed by atoms with Crippen molar-refractivity contribution in [1.29, 1.82) is 0 Å². The van der Waals surface area contributed by atoms with E-state index in [0.717, 1.165) is 19.5 Å². The molecule has 0 aromatic heterocycles. The Morgan fingerprint density at radius 1 is 1.29 bits per heavy atom. The predicted octanol–water partition coefficient (Wildman–Crippen LogP) is 1.11. The SMILES string of the molecule is CC1CNCCC1NS(=O)(=O)c1ccc2c(c1)OCO2.Cl. The largest absolute Gasteiger partial charge is 0.454 e. The molecule has 2 unspecified atom stereocenters. The Hall–Kier alpha value is -1.02. The van der Waals surface area contributed by atoms with Crippen molar-refractivity contribution < 1.29 is 17.9 Å². The molecule has 2 heterocycles. The molecule has 8 heteroatoms. The molecule has 118 valence electrons. The first kappa shape index (κ1) is 16.4. The van der Waals surface area contributed by atoms with Crippen molar-refractivity contribution >= 4 is 22.4 Å². The highest BCUT2D eigenvalue weighted by Gasteiger charge is 2.27. The van der Waals surface area contributed by atoms with Gasteiger partial charge in [0.15, 0.2) is 11.5 Å². The number of halogens is 1. The van der Waals surface area contributed by atoms with Crippen LogP contribution < -0.4 is 19.5 Å². The van der Waals surface area contributed by atoms with Crippen LogP contribution in [0, 0.1) is 5.92 Å². The number of hydrogen-bond donors (Lipinski definition) is 2. The topological polar surface area (TPSA) is 76.7 Å². The van der Waals surface area contributed by atoms with Gasteiger partial charge in [0, 0.05) is 12.1 Å². The van der Waals surface area contributed by atoms with Crippen LogP contribution in [0.5, 0.6) is 11.5 Å². The number of benzene rings is 1. The molecule has 6 nitrogen and oxygen atoms in total. The fourth-order valence-corrected chi connectivity index (χ4v) is 3.89. The molecule has 0 saturated carbocycles. The monoisotopic (exact) mass is 334 g/mol. The molecule has 1 aromatic carbocycles. The lowest BCUT2D eigenvalue weighted by molar-refractivity contribution is 0.174. The zero-order valence-corrected chi connectivity index (χ0v) is 13.3. The molecule has 0 spiro atoms. The number of hydrogen-bond acceptors (Lipinski definition) is 5. The Bertz CT molecular complexity index is 608. The minimum absolute atomic E-state index is 0. The maximum absolute atomic E-state index is 12.4. The van der Waals surface area contributed by atoms with E-state index in [1.807, 2.05) is 6.92 Å². The van der Waals surface area contributed by atoms with Crippen molar-refractivity contribution in [2.75, 3.05) is 19.9 Å². The Balaban J connectivity index is 0.00000161. The lowest BCUT2D eigenvalue weighted by atomic mass is 9.97. The molecule has 2 atom stereocenters. The molecule has 2 aliphatic rings. The van der Waals surface area contributed by atoms with Gasteiger partial charge in [-0.15, -0.1) is 12.4 Å². The van der Waals surface area contributed by atoms with Crippen molar-refractivity contribution in [3.05, 3.63) is 18.2 Å². The average molecular weight is 335 g/mol. The fraction of sp³-hybridized carbons (Fsp3) is 0.538. The maximum Gasteiger partial charge on any atom is 0.240 e. The van der Waals surface area contributed by atoms with Crippen LogP contribution in [0.3, 0.4) is 0 Å². The first-order chi connectivity index (χ1) is 9.56. The van der Waals surface area contributed by atoms with E-state index in [0.29, 0.717) is 11.5 Å². The maximum atomic E-state index is 12.4. The normalized spacial score (nSPS) is 24.4. The quantitative estimate of drug-likeness (QED) is 0.866. The molecule has 0 radical (unpaired) electrons. The van der Waals surface area contributed by atoms with Crippen LogP contribution in [-0.2, 0) is 10.0 Å². The molecular weight excluding hydrogens is 316 g/mol. The number of sulfonamides is 1. The van der Waals surface area contributed by atoms with Crippen molar-refractivity contribution in [2.24, 2.45) is 5.92 Å². The molecule has 0 bridgehead atoms. The Morgan fingerprint density at radius 3 is 2.81 bits per heavy atom. The number of fused-ring (bicyclic) bond motifs is 1. The highest BCUT2D eigenvalue weighted by Crippen LogP contribution is 2.33. The summed E-state index contributed by atoms with van der Waals surface area (Å²) < 4.78 is 38.0. The van der Waals surface area contributed by atoms with Crippen LogP contribution in [0.1, 0.15) is 13.3 Å². The standard InChI is InChI=1S/C13H18N2O4S.ClH/c1-9-7-14-5-4-11(9)15-20(16,17)10-2-3-12-13(6-10)19-8-18-12;/h2-3,6,9,11,14-15H,4-5,7-8H2,1H3;1H. The second kappa shape index (κ2) is 6.39. The summed E-state index contributed by atoms with van der Waals surface area (Å²) in [7, 11) is -3.53. The van der Waals surface area contributed by atoms with E-state index in [2.05, 4.69) is 10.0 Å². The molecule has 3 rings (SSSR count). The van der Waals surface area contributed by atoms with Crippen molar-refractivity contribution in [2.45, 2.75) is 24.3 Å². The summed E-state index contributed by atoms with van der Waals surface area (Å²) in [5, 5.41) is 3.25. The van der Waals surface area contributed by atoms with Gasteiger partial charge in [-0.05, 0) is 37.6 Å². The minimum atomic E-state index is -3.53. The van der Waals surface area contributed by atoms with Crippen LogP contribution in [0.25, 0.3) is 0 Å².